The summed E-state index contributed by atoms with van der Waals surface area (Å²) in [6.45, 7) is 1.04. The van der Waals surface area contributed by atoms with Crippen LogP contribution in [0.1, 0.15) is 11.6 Å². The first-order valence-electron chi connectivity index (χ1n) is 9.19. The molecule has 3 heterocycles. The predicted molar refractivity (Wildman–Crippen MR) is 110 cm³/mol. The quantitative estimate of drug-likeness (QED) is 0.345. The van der Waals surface area contributed by atoms with E-state index in [0.29, 0.717) is 30.5 Å². The molecule has 4 rings (SSSR count). The van der Waals surface area contributed by atoms with Crippen molar-refractivity contribution in [2.45, 2.75) is 13.1 Å². The topological polar surface area (TPSA) is 111 Å². The van der Waals surface area contributed by atoms with Crippen LogP contribution in [0.3, 0.4) is 0 Å². The van der Waals surface area contributed by atoms with Gasteiger partial charge in [-0.1, -0.05) is 30.3 Å². The molecule has 9 heteroatoms. The molecule has 0 aliphatic rings. The SMILES string of the molecule is CN=C(NCc1nc(-c2ccco2)n[nH]1)N(C)Cc1ncc(-c2ccccc2)[nH]1. The summed E-state index contributed by atoms with van der Waals surface area (Å²) in [6, 6.07) is 13.7. The van der Waals surface area contributed by atoms with Gasteiger partial charge >= 0.3 is 0 Å². The van der Waals surface area contributed by atoms with E-state index in [-0.39, 0.29) is 0 Å². The van der Waals surface area contributed by atoms with E-state index in [4.69, 9.17) is 4.42 Å². The number of hydrogen-bond acceptors (Lipinski definition) is 5. The summed E-state index contributed by atoms with van der Waals surface area (Å²) in [7, 11) is 3.69. The Morgan fingerprint density at radius 1 is 1.17 bits per heavy atom. The Morgan fingerprint density at radius 3 is 2.79 bits per heavy atom. The highest BCUT2D eigenvalue weighted by Gasteiger charge is 2.12. The van der Waals surface area contributed by atoms with Crippen LogP contribution in [0.25, 0.3) is 22.8 Å². The minimum Gasteiger partial charge on any atom is -0.461 e. The second kappa shape index (κ2) is 8.42. The molecular weight excluding hydrogens is 368 g/mol. The van der Waals surface area contributed by atoms with E-state index in [2.05, 4.69) is 47.6 Å². The smallest absolute Gasteiger partial charge is 0.216 e. The number of guanidine groups is 1. The van der Waals surface area contributed by atoms with Crippen LogP contribution in [0, 0.1) is 0 Å². The molecule has 0 aliphatic heterocycles. The number of aliphatic imine (C=N–C) groups is 1. The maximum atomic E-state index is 5.31. The Morgan fingerprint density at radius 2 is 2.03 bits per heavy atom. The van der Waals surface area contributed by atoms with E-state index in [1.165, 1.54) is 0 Å². The minimum atomic E-state index is 0.456. The van der Waals surface area contributed by atoms with Crippen molar-refractivity contribution in [3.63, 3.8) is 0 Å². The van der Waals surface area contributed by atoms with Gasteiger partial charge in [-0.15, -0.1) is 5.10 Å². The standard InChI is InChI=1S/C20H22N8O/c1-21-20(23-12-17-25-19(27-26-17)16-9-6-10-29-16)28(2)13-18-22-11-15(24-18)14-7-4-3-5-8-14/h3-11H,12-13H2,1-2H3,(H,21,23)(H,22,24)(H,25,26,27). The van der Waals surface area contributed by atoms with Crippen LogP contribution < -0.4 is 5.32 Å². The van der Waals surface area contributed by atoms with E-state index in [1.807, 2.05) is 42.4 Å². The zero-order valence-corrected chi connectivity index (χ0v) is 16.3. The van der Waals surface area contributed by atoms with Gasteiger partial charge in [0.25, 0.3) is 0 Å². The Hall–Kier alpha value is -3.88. The molecule has 0 aliphatic carbocycles. The van der Waals surface area contributed by atoms with Gasteiger partial charge in [0, 0.05) is 14.1 Å². The lowest BCUT2D eigenvalue weighted by molar-refractivity contribution is 0.463. The molecule has 4 aromatic rings. The second-order valence-electron chi connectivity index (χ2n) is 6.45. The number of rotatable bonds is 6. The summed E-state index contributed by atoms with van der Waals surface area (Å²) in [5, 5.41) is 10.3. The van der Waals surface area contributed by atoms with Crippen molar-refractivity contribution in [1.29, 1.82) is 0 Å². The first-order chi connectivity index (χ1) is 14.2. The molecule has 29 heavy (non-hydrogen) atoms. The maximum absolute atomic E-state index is 5.31. The number of benzene rings is 1. The number of aromatic nitrogens is 5. The average Bonchev–Trinajstić information content (AvgIpc) is 3.50. The molecule has 0 fully saturated rings. The average molecular weight is 390 g/mol. The normalized spacial score (nSPS) is 11.6. The molecule has 0 unspecified atom stereocenters. The Balaban J connectivity index is 1.35. The highest BCUT2D eigenvalue weighted by Crippen LogP contribution is 2.17. The van der Waals surface area contributed by atoms with Crippen molar-refractivity contribution in [3.05, 3.63) is 66.6 Å². The van der Waals surface area contributed by atoms with Crippen LogP contribution in [-0.2, 0) is 13.1 Å². The van der Waals surface area contributed by atoms with Crippen molar-refractivity contribution >= 4 is 5.96 Å². The van der Waals surface area contributed by atoms with E-state index < -0.39 is 0 Å². The molecule has 0 bridgehead atoms. The van der Waals surface area contributed by atoms with Gasteiger partial charge in [-0.3, -0.25) is 10.1 Å². The molecule has 9 nitrogen and oxygen atoms in total. The zero-order chi connectivity index (χ0) is 20.1. The summed E-state index contributed by atoms with van der Waals surface area (Å²) >= 11 is 0. The van der Waals surface area contributed by atoms with E-state index >= 15 is 0 Å². The van der Waals surface area contributed by atoms with Crippen molar-refractivity contribution in [2.24, 2.45) is 4.99 Å². The van der Waals surface area contributed by atoms with Gasteiger partial charge in [-0.2, -0.15) is 0 Å². The van der Waals surface area contributed by atoms with E-state index in [0.717, 1.165) is 23.0 Å². The minimum absolute atomic E-state index is 0.456. The predicted octanol–water partition coefficient (Wildman–Crippen LogP) is 2.66. The van der Waals surface area contributed by atoms with Crippen LogP contribution >= 0.6 is 0 Å². The lowest BCUT2D eigenvalue weighted by Crippen LogP contribution is -2.38. The van der Waals surface area contributed by atoms with Crippen LogP contribution in [0.4, 0.5) is 0 Å². The number of hydrogen-bond donors (Lipinski definition) is 3. The zero-order valence-electron chi connectivity index (χ0n) is 16.3. The summed E-state index contributed by atoms with van der Waals surface area (Å²) in [6.07, 6.45) is 3.44. The third-order valence-electron chi connectivity index (χ3n) is 4.36. The summed E-state index contributed by atoms with van der Waals surface area (Å²) in [5.74, 6) is 3.42. The second-order valence-corrected chi connectivity index (χ2v) is 6.45. The first-order valence-corrected chi connectivity index (χ1v) is 9.19. The van der Waals surface area contributed by atoms with Crippen LogP contribution in [0.15, 0.2) is 64.3 Å². The third kappa shape index (κ3) is 4.34. The number of imidazole rings is 1. The lowest BCUT2D eigenvalue weighted by atomic mass is 10.2. The van der Waals surface area contributed by atoms with Crippen molar-refractivity contribution in [2.75, 3.05) is 14.1 Å². The van der Waals surface area contributed by atoms with Gasteiger partial charge in [0.1, 0.15) is 11.6 Å². The Bertz CT molecular complexity index is 1070. The fourth-order valence-corrected chi connectivity index (χ4v) is 2.94. The molecule has 3 N–H and O–H groups in total. The molecule has 0 saturated carbocycles. The van der Waals surface area contributed by atoms with Crippen molar-refractivity contribution in [3.8, 4) is 22.8 Å². The van der Waals surface area contributed by atoms with Crippen molar-refractivity contribution in [1.82, 2.24) is 35.4 Å². The van der Waals surface area contributed by atoms with E-state index in [9.17, 15) is 0 Å². The molecular formula is C20H22N8O. The van der Waals surface area contributed by atoms with Crippen LogP contribution in [0.2, 0.25) is 0 Å². The van der Waals surface area contributed by atoms with E-state index in [1.54, 1.807) is 19.4 Å². The third-order valence-corrected chi connectivity index (χ3v) is 4.36. The first kappa shape index (κ1) is 18.5. The van der Waals surface area contributed by atoms with Crippen molar-refractivity contribution < 1.29 is 4.42 Å². The van der Waals surface area contributed by atoms with Crippen LogP contribution in [-0.4, -0.2) is 50.1 Å². The van der Waals surface area contributed by atoms with Gasteiger partial charge < -0.3 is 19.6 Å². The van der Waals surface area contributed by atoms with Gasteiger partial charge in [-0.25, -0.2) is 9.97 Å². The Kier molecular flexibility index (Phi) is 5.37. The van der Waals surface area contributed by atoms with Gasteiger partial charge in [0.05, 0.1) is 31.2 Å². The number of furan rings is 1. The number of nitrogens with one attached hydrogen (secondary N) is 3. The fourth-order valence-electron chi connectivity index (χ4n) is 2.94. The number of H-pyrrole nitrogens is 2. The highest BCUT2D eigenvalue weighted by atomic mass is 16.3. The van der Waals surface area contributed by atoms with Crippen LogP contribution in [0.5, 0.6) is 0 Å². The number of nitrogens with zero attached hydrogens (tertiary/aromatic N) is 5. The molecule has 0 atom stereocenters. The molecule has 3 aromatic heterocycles. The lowest BCUT2D eigenvalue weighted by Gasteiger charge is -2.20. The maximum Gasteiger partial charge on any atom is 0.216 e. The Labute approximate surface area is 167 Å². The van der Waals surface area contributed by atoms with Gasteiger partial charge in [-0.05, 0) is 17.7 Å². The monoisotopic (exact) mass is 390 g/mol. The largest absolute Gasteiger partial charge is 0.461 e. The molecule has 148 valence electrons. The summed E-state index contributed by atoms with van der Waals surface area (Å²) < 4.78 is 5.31. The molecule has 1 aromatic carbocycles. The summed E-state index contributed by atoms with van der Waals surface area (Å²) in [5.41, 5.74) is 2.10. The fraction of sp³-hybridized carbons (Fsp3) is 0.200. The van der Waals surface area contributed by atoms with Gasteiger partial charge in [0.15, 0.2) is 11.7 Å². The molecule has 0 amide bonds. The molecule has 0 spiro atoms. The summed E-state index contributed by atoms with van der Waals surface area (Å²) in [4.78, 5) is 18.6. The molecule has 0 radical (unpaired) electrons. The molecule has 0 saturated heterocycles. The number of aromatic amines is 2. The van der Waals surface area contributed by atoms with Gasteiger partial charge in [0.2, 0.25) is 5.82 Å². The highest BCUT2D eigenvalue weighted by molar-refractivity contribution is 5.79.